The topological polar surface area (TPSA) is 47.4 Å². The first-order chi connectivity index (χ1) is 11.6. The molecule has 0 saturated carbocycles. The molecule has 1 aromatic heterocycles. The van der Waals surface area contributed by atoms with Crippen molar-refractivity contribution in [2.75, 3.05) is 26.3 Å². The zero-order valence-corrected chi connectivity index (χ0v) is 14.9. The second kappa shape index (κ2) is 7.55. The van der Waals surface area contributed by atoms with E-state index in [2.05, 4.69) is 5.10 Å². The number of hydrogen-bond donors (Lipinski definition) is 0. The normalized spacial score (nSPS) is 17.2. The van der Waals surface area contributed by atoms with Gasteiger partial charge in [0.2, 0.25) is 0 Å². The maximum absolute atomic E-state index is 12.7. The van der Waals surface area contributed by atoms with Crippen LogP contribution in [0.25, 0.3) is 5.69 Å². The Labute approximate surface area is 151 Å². The van der Waals surface area contributed by atoms with E-state index in [0.29, 0.717) is 40.3 Å². The lowest BCUT2D eigenvalue weighted by molar-refractivity contribution is 0.0731. The van der Waals surface area contributed by atoms with Crippen LogP contribution in [-0.2, 0) is 4.74 Å². The van der Waals surface area contributed by atoms with Crippen LogP contribution >= 0.6 is 23.2 Å². The number of carbonyl (C=O) groups excluding carboxylic acids is 1. The van der Waals surface area contributed by atoms with E-state index in [0.717, 1.165) is 19.6 Å². The Balaban J connectivity index is 1.77. The van der Waals surface area contributed by atoms with E-state index in [1.54, 1.807) is 35.3 Å². The Morgan fingerprint density at radius 2 is 2.29 bits per heavy atom. The molecule has 1 aliphatic heterocycles. The van der Waals surface area contributed by atoms with Gasteiger partial charge in [-0.1, -0.05) is 23.2 Å². The van der Waals surface area contributed by atoms with Gasteiger partial charge in [-0.3, -0.25) is 4.79 Å². The van der Waals surface area contributed by atoms with Gasteiger partial charge in [-0.25, -0.2) is 4.68 Å². The number of nitrogens with zero attached hydrogens (tertiary/aromatic N) is 3. The lowest BCUT2D eigenvalue weighted by Crippen LogP contribution is -2.35. The Morgan fingerprint density at radius 3 is 2.96 bits per heavy atom. The van der Waals surface area contributed by atoms with E-state index in [1.165, 1.54) is 0 Å². The van der Waals surface area contributed by atoms with E-state index in [4.69, 9.17) is 27.9 Å². The van der Waals surface area contributed by atoms with Gasteiger partial charge in [0.1, 0.15) is 0 Å². The highest BCUT2D eigenvalue weighted by Crippen LogP contribution is 2.24. The molecule has 128 valence electrons. The lowest BCUT2D eigenvalue weighted by atomic mass is 10.1. The number of carbonyl (C=O) groups is 1. The van der Waals surface area contributed by atoms with Crippen molar-refractivity contribution in [3.05, 3.63) is 46.2 Å². The van der Waals surface area contributed by atoms with Crippen LogP contribution in [0.5, 0.6) is 0 Å². The molecule has 0 unspecified atom stereocenters. The standard InChI is InChI=1S/C17H19Cl2N3O2/c1-2-21(9-12-5-6-24-11-12)17(23)13-8-20-22(10-13)16-4-3-14(18)7-15(16)19/h3-4,7-8,10,12H,2,5-6,9,11H2,1H3/t12-/m0/s1. The van der Waals surface area contributed by atoms with Crippen LogP contribution in [0.2, 0.25) is 10.0 Å². The van der Waals surface area contributed by atoms with Crippen molar-refractivity contribution in [1.29, 1.82) is 0 Å². The highest BCUT2D eigenvalue weighted by Gasteiger charge is 2.23. The average molecular weight is 368 g/mol. The molecule has 1 amide bonds. The molecule has 0 spiro atoms. The van der Waals surface area contributed by atoms with Crippen molar-refractivity contribution in [2.45, 2.75) is 13.3 Å². The summed E-state index contributed by atoms with van der Waals surface area (Å²) in [6.45, 7) is 4.85. The zero-order valence-electron chi connectivity index (χ0n) is 13.4. The molecule has 2 heterocycles. The molecule has 1 fully saturated rings. The molecule has 0 radical (unpaired) electrons. The van der Waals surface area contributed by atoms with Crippen LogP contribution < -0.4 is 0 Å². The van der Waals surface area contributed by atoms with Gasteiger partial charge in [-0.15, -0.1) is 0 Å². The number of hydrogen-bond acceptors (Lipinski definition) is 3. The Morgan fingerprint density at radius 1 is 1.46 bits per heavy atom. The Bertz CT molecular complexity index is 726. The summed E-state index contributed by atoms with van der Waals surface area (Å²) in [5.41, 5.74) is 1.23. The van der Waals surface area contributed by atoms with Crippen molar-refractivity contribution in [3.8, 4) is 5.69 Å². The van der Waals surface area contributed by atoms with Gasteiger partial charge in [0.15, 0.2) is 0 Å². The van der Waals surface area contributed by atoms with Gasteiger partial charge in [-0.05, 0) is 31.5 Å². The molecule has 0 bridgehead atoms. The quantitative estimate of drug-likeness (QED) is 0.809. The molecule has 0 N–H and O–H groups in total. The van der Waals surface area contributed by atoms with Crippen LogP contribution in [0.1, 0.15) is 23.7 Å². The van der Waals surface area contributed by atoms with Gasteiger partial charge >= 0.3 is 0 Å². The monoisotopic (exact) mass is 367 g/mol. The van der Waals surface area contributed by atoms with E-state index >= 15 is 0 Å². The van der Waals surface area contributed by atoms with Gasteiger partial charge < -0.3 is 9.64 Å². The summed E-state index contributed by atoms with van der Waals surface area (Å²) in [7, 11) is 0. The summed E-state index contributed by atoms with van der Waals surface area (Å²) < 4.78 is 6.99. The highest BCUT2D eigenvalue weighted by molar-refractivity contribution is 6.35. The van der Waals surface area contributed by atoms with Gasteiger partial charge in [0.25, 0.3) is 5.91 Å². The van der Waals surface area contributed by atoms with Crippen LogP contribution in [0.4, 0.5) is 0 Å². The first-order valence-electron chi connectivity index (χ1n) is 7.95. The fourth-order valence-electron chi connectivity index (χ4n) is 2.81. The van der Waals surface area contributed by atoms with E-state index < -0.39 is 0 Å². The molecule has 1 saturated heterocycles. The van der Waals surface area contributed by atoms with Gasteiger partial charge in [0.05, 0.1) is 29.1 Å². The second-order valence-corrected chi connectivity index (χ2v) is 6.69. The number of rotatable bonds is 5. The van der Waals surface area contributed by atoms with Crippen LogP contribution in [0.15, 0.2) is 30.6 Å². The van der Waals surface area contributed by atoms with Crippen molar-refractivity contribution in [1.82, 2.24) is 14.7 Å². The Hall–Kier alpha value is -1.56. The summed E-state index contributed by atoms with van der Waals surface area (Å²) >= 11 is 12.1. The third-order valence-corrected chi connectivity index (χ3v) is 4.70. The van der Waals surface area contributed by atoms with Crippen LogP contribution in [0.3, 0.4) is 0 Å². The van der Waals surface area contributed by atoms with Crippen molar-refractivity contribution in [3.63, 3.8) is 0 Å². The maximum Gasteiger partial charge on any atom is 0.257 e. The molecule has 1 atom stereocenters. The minimum Gasteiger partial charge on any atom is -0.381 e. The first-order valence-corrected chi connectivity index (χ1v) is 8.71. The van der Waals surface area contributed by atoms with Crippen molar-refractivity contribution < 1.29 is 9.53 Å². The fraction of sp³-hybridized carbons (Fsp3) is 0.412. The minimum atomic E-state index is -0.0271. The highest BCUT2D eigenvalue weighted by atomic mass is 35.5. The second-order valence-electron chi connectivity index (χ2n) is 5.84. The molecule has 2 aromatic rings. The summed E-state index contributed by atoms with van der Waals surface area (Å²) in [5, 5.41) is 5.31. The third-order valence-electron chi connectivity index (χ3n) is 4.16. The molecule has 1 aromatic carbocycles. The molecule has 24 heavy (non-hydrogen) atoms. The van der Waals surface area contributed by atoms with E-state index in [-0.39, 0.29) is 5.91 Å². The maximum atomic E-state index is 12.7. The SMILES string of the molecule is CCN(C[C@@H]1CCOC1)C(=O)c1cnn(-c2ccc(Cl)cc2Cl)c1. The summed E-state index contributed by atoms with van der Waals surface area (Å²) in [4.78, 5) is 14.6. The summed E-state index contributed by atoms with van der Waals surface area (Å²) in [6.07, 6.45) is 4.27. The number of benzene rings is 1. The first kappa shape index (κ1) is 17.3. The predicted molar refractivity (Wildman–Crippen MR) is 94.1 cm³/mol. The minimum absolute atomic E-state index is 0.0271. The predicted octanol–water partition coefficient (Wildman–Crippen LogP) is 3.68. The summed E-state index contributed by atoms with van der Waals surface area (Å²) in [5.74, 6) is 0.385. The van der Waals surface area contributed by atoms with Crippen LogP contribution in [0, 0.1) is 5.92 Å². The average Bonchev–Trinajstić information content (AvgIpc) is 3.23. The van der Waals surface area contributed by atoms with Crippen LogP contribution in [-0.4, -0.2) is 46.9 Å². The number of halogens is 2. The lowest BCUT2D eigenvalue weighted by Gasteiger charge is -2.23. The number of ether oxygens (including phenoxy) is 1. The molecule has 0 aliphatic carbocycles. The molecular formula is C17H19Cl2N3O2. The molecular weight excluding hydrogens is 349 g/mol. The van der Waals surface area contributed by atoms with Crippen molar-refractivity contribution >= 4 is 29.1 Å². The fourth-order valence-corrected chi connectivity index (χ4v) is 3.30. The van der Waals surface area contributed by atoms with Gasteiger partial charge in [-0.2, -0.15) is 5.10 Å². The van der Waals surface area contributed by atoms with Crippen molar-refractivity contribution in [2.24, 2.45) is 5.92 Å². The number of amides is 1. The van der Waals surface area contributed by atoms with Gasteiger partial charge in [0, 0.05) is 36.8 Å². The molecule has 7 heteroatoms. The largest absolute Gasteiger partial charge is 0.381 e. The number of aromatic nitrogens is 2. The molecule has 1 aliphatic rings. The van der Waals surface area contributed by atoms with E-state index in [1.807, 2.05) is 11.8 Å². The molecule has 3 rings (SSSR count). The van der Waals surface area contributed by atoms with E-state index in [9.17, 15) is 4.79 Å². The third kappa shape index (κ3) is 3.74. The Kier molecular flexibility index (Phi) is 5.43. The zero-order chi connectivity index (χ0) is 17.1. The summed E-state index contributed by atoms with van der Waals surface area (Å²) in [6, 6.07) is 5.17. The molecule has 5 nitrogen and oxygen atoms in total. The smallest absolute Gasteiger partial charge is 0.257 e.